The number of nitrogens with two attached hydrogens (primary N) is 1. The van der Waals surface area contributed by atoms with E-state index in [0.717, 1.165) is 0 Å². The molecule has 36 heavy (non-hydrogen) atoms. The number of fused-ring (bicyclic) bond motifs is 3. The zero-order valence-electron chi connectivity index (χ0n) is 20.8. The zero-order valence-corrected chi connectivity index (χ0v) is 20.8. The van der Waals surface area contributed by atoms with Gasteiger partial charge in [-0.2, -0.15) is 5.26 Å². The standard InChI is InChI=1S/C28H28FN5O2/c1-27(2)13-22-24(23(35)14-27)28(19(15-30)25(31)34(22)32(3)4)18-10-6-8-12-21(18)33(26(28)36)16-17-9-5-7-11-20(17)29/h5-12H,13-14,16,31H2,1-4H3/t28-/m0/s1. The Balaban J connectivity index is 1.83. The molecule has 2 aliphatic heterocycles. The molecule has 5 rings (SSSR count). The maximum Gasteiger partial charge on any atom is 0.248 e. The van der Waals surface area contributed by atoms with Crippen molar-refractivity contribution < 1.29 is 14.0 Å². The average Bonchev–Trinajstić information content (AvgIpc) is 3.03. The molecular weight excluding hydrogens is 457 g/mol. The normalized spacial score (nSPS) is 22.9. The topological polar surface area (TPSA) is 93.7 Å². The minimum atomic E-state index is -1.68. The first-order valence-corrected chi connectivity index (χ1v) is 11.8. The highest BCUT2D eigenvalue weighted by Crippen LogP contribution is 2.58. The highest BCUT2D eigenvalue weighted by atomic mass is 19.1. The van der Waals surface area contributed by atoms with E-state index in [9.17, 15) is 19.2 Å². The van der Waals surface area contributed by atoms with E-state index in [1.54, 1.807) is 66.6 Å². The van der Waals surface area contributed by atoms with Crippen LogP contribution in [-0.4, -0.2) is 35.8 Å². The van der Waals surface area contributed by atoms with Crippen LogP contribution in [-0.2, 0) is 21.5 Å². The van der Waals surface area contributed by atoms with E-state index in [-0.39, 0.29) is 41.1 Å². The molecule has 0 unspecified atom stereocenters. The Bertz CT molecular complexity index is 1420. The van der Waals surface area contributed by atoms with Crippen molar-refractivity contribution in [3.63, 3.8) is 0 Å². The van der Waals surface area contributed by atoms with E-state index in [2.05, 4.69) is 6.07 Å². The molecule has 8 heteroatoms. The molecule has 7 nitrogen and oxygen atoms in total. The fourth-order valence-electron chi connectivity index (χ4n) is 5.95. The number of amides is 1. The Morgan fingerprint density at radius 2 is 1.75 bits per heavy atom. The Morgan fingerprint density at radius 1 is 1.08 bits per heavy atom. The van der Waals surface area contributed by atoms with Gasteiger partial charge in [0, 0.05) is 48.6 Å². The van der Waals surface area contributed by atoms with Crippen molar-refractivity contribution in [2.75, 3.05) is 19.0 Å². The lowest BCUT2D eigenvalue weighted by molar-refractivity contribution is -0.126. The van der Waals surface area contributed by atoms with Crippen LogP contribution in [0.15, 0.2) is 71.2 Å². The van der Waals surface area contributed by atoms with Crippen LogP contribution in [0.5, 0.6) is 0 Å². The molecule has 1 spiro atoms. The summed E-state index contributed by atoms with van der Waals surface area (Å²) in [4.78, 5) is 29.9. The summed E-state index contributed by atoms with van der Waals surface area (Å²) in [6.45, 7) is 3.97. The molecule has 1 atom stereocenters. The summed E-state index contributed by atoms with van der Waals surface area (Å²) in [7, 11) is 3.57. The number of Topliss-reactive ketones (excluding diaryl/α,β-unsaturated/α-hetero) is 1. The smallest absolute Gasteiger partial charge is 0.248 e. The number of benzene rings is 2. The van der Waals surface area contributed by atoms with E-state index in [1.807, 2.05) is 13.8 Å². The molecule has 0 saturated carbocycles. The molecule has 0 aromatic heterocycles. The third kappa shape index (κ3) is 3.12. The molecule has 0 fully saturated rings. The summed E-state index contributed by atoms with van der Waals surface area (Å²) in [5, 5.41) is 13.8. The lowest BCUT2D eigenvalue weighted by atomic mass is 9.61. The van der Waals surface area contributed by atoms with Gasteiger partial charge in [0.1, 0.15) is 23.1 Å². The van der Waals surface area contributed by atoms with E-state index in [1.165, 1.54) is 11.0 Å². The van der Waals surface area contributed by atoms with E-state index >= 15 is 0 Å². The van der Waals surface area contributed by atoms with Gasteiger partial charge < -0.3 is 10.6 Å². The Hall–Kier alpha value is -3.96. The Kier molecular flexibility index (Phi) is 5.31. The van der Waals surface area contributed by atoms with Gasteiger partial charge in [-0.1, -0.05) is 50.2 Å². The van der Waals surface area contributed by atoms with Crippen LogP contribution in [0.4, 0.5) is 10.1 Å². The number of hydrogen-bond acceptors (Lipinski definition) is 6. The Morgan fingerprint density at radius 3 is 2.42 bits per heavy atom. The number of anilines is 1. The van der Waals surface area contributed by atoms with Gasteiger partial charge in [-0.25, -0.2) is 9.40 Å². The lowest BCUT2D eigenvalue weighted by Crippen LogP contribution is -2.55. The second-order valence-electron chi connectivity index (χ2n) is 10.5. The summed E-state index contributed by atoms with van der Waals surface area (Å²) >= 11 is 0. The average molecular weight is 486 g/mol. The fraction of sp³-hybridized carbons (Fsp3) is 0.321. The molecule has 2 heterocycles. The monoisotopic (exact) mass is 485 g/mol. The number of nitriles is 1. The van der Waals surface area contributed by atoms with Gasteiger partial charge in [0.15, 0.2) is 5.78 Å². The van der Waals surface area contributed by atoms with Gasteiger partial charge in [0.25, 0.3) is 0 Å². The zero-order chi connectivity index (χ0) is 26.0. The molecule has 1 aliphatic carbocycles. The van der Waals surface area contributed by atoms with Gasteiger partial charge in [0.05, 0.1) is 12.1 Å². The molecule has 0 bridgehead atoms. The number of hydrazine groups is 1. The predicted octanol–water partition coefficient (Wildman–Crippen LogP) is 3.74. The van der Waals surface area contributed by atoms with Crippen LogP contribution in [0, 0.1) is 22.6 Å². The summed E-state index contributed by atoms with van der Waals surface area (Å²) in [6, 6.07) is 15.6. The van der Waals surface area contributed by atoms with Gasteiger partial charge in [-0.05, 0) is 24.0 Å². The molecular formula is C28H28FN5O2. The van der Waals surface area contributed by atoms with E-state index in [0.29, 0.717) is 28.9 Å². The highest BCUT2D eigenvalue weighted by molar-refractivity contribution is 6.20. The number of halogens is 1. The molecule has 184 valence electrons. The molecule has 2 N–H and O–H groups in total. The largest absolute Gasteiger partial charge is 0.383 e. The second-order valence-corrected chi connectivity index (χ2v) is 10.5. The van der Waals surface area contributed by atoms with Gasteiger partial charge >= 0.3 is 0 Å². The van der Waals surface area contributed by atoms with Crippen molar-refractivity contribution in [3.05, 3.63) is 88.1 Å². The van der Waals surface area contributed by atoms with Crippen molar-refractivity contribution in [2.24, 2.45) is 11.1 Å². The number of nitrogens with zero attached hydrogens (tertiary/aromatic N) is 4. The number of para-hydroxylation sites is 1. The van der Waals surface area contributed by atoms with Crippen LogP contribution in [0.1, 0.15) is 37.8 Å². The first-order chi connectivity index (χ1) is 17.0. The van der Waals surface area contributed by atoms with Crippen molar-refractivity contribution >= 4 is 17.4 Å². The fourth-order valence-corrected chi connectivity index (χ4v) is 5.95. The highest BCUT2D eigenvalue weighted by Gasteiger charge is 2.63. The Labute approximate surface area is 209 Å². The number of carbonyl (C=O) groups excluding carboxylic acids is 2. The minimum absolute atomic E-state index is 0.0106. The van der Waals surface area contributed by atoms with Crippen molar-refractivity contribution in [1.82, 2.24) is 10.0 Å². The lowest BCUT2D eigenvalue weighted by Gasteiger charge is -2.48. The van der Waals surface area contributed by atoms with Crippen molar-refractivity contribution in [2.45, 2.75) is 38.6 Å². The molecule has 2 aromatic rings. The third-order valence-corrected chi connectivity index (χ3v) is 7.31. The van der Waals surface area contributed by atoms with E-state index < -0.39 is 17.1 Å². The predicted molar refractivity (Wildman–Crippen MR) is 133 cm³/mol. The quantitative estimate of drug-likeness (QED) is 0.712. The van der Waals surface area contributed by atoms with Gasteiger partial charge in [-0.15, -0.1) is 0 Å². The maximum absolute atomic E-state index is 14.6. The number of rotatable bonds is 3. The molecule has 0 saturated heterocycles. The molecule has 3 aliphatic rings. The first kappa shape index (κ1) is 23.8. The second kappa shape index (κ2) is 8.04. The summed E-state index contributed by atoms with van der Waals surface area (Å²) < 4.78 is 14.6. The minimum Gasteiger partial charge on any atom is -0.383 e. The summed E-state index contributed by atoms with van der Waals surface area (Å²) in [6.07, 6.45) is 0.729. The SMILES string of the molecule is CN(C)N1C(N)=C(C#N)[C@]2(C(=O)N(Cc3ccccc3F)c3ccccc32)C2=C1CC(C)(C)CC2=O. The van der Waals surface area contributed by atoms with Crippen LogP contribution < -0.4 is 10.6 Å². The molecule has 1 amide bonds. The maximum atomic E-state index is 14.6. The van der Waals surface area contributed by atoms with E-state index in [4.69, 9.17) is 5.73 Å². The van der Waals surface area contributed by atoms with Crippen molar-refractivity contribution in [1.29, 1.82) is 5.26 Å². The van der Waals surface area contributed by atoms with Crippen LogP contribution in [0.25, 0.3) is 0 Å². The number of carbonyl (C=O) groups is 2. The van der Waals surface area contributed by atoms with Crippen molar-refractivity contribution in [3.8, 4) is 6.07 Å². The van der Waals surface area contributed by atoms with Crippen LogP contribution in [0.2, 0.25) is 0 Å². The molecule has 2 aromatic carbocycles. The third-order valence-electron chi connectivity index (χ3n) is 7.31. The summed E-state index contributed by atoms with van der Waals surface area (Å²) in [5.41, 5.74) is 6.90. The first-order valence-electron chi connectivity index (χ1n) is 11.8. The number of ketones is 1. The van der Waals surface area contributed by atoms with Crippen LogP contribution >= 0.6 is 0 Å². The number of allylic oxidation sites excluding steroid dienone is 1. The van der Waals surface area contributed by atoms with Gasteiger partial charge in [0.2, 0.25) is 5.91 Å². The van der Waals surface area contributed by atoms with Gasteiger partial charge in [-0.3, -0.25) is 14.6 Å². The number of hydrogen-bond donors (Lipinski definition) is 1. The van der Waals surface area contributed by atoms with Crippen LogP contribution in [0.3, 0.4) is 0 Å². The molecule has 0 radical (unpaired) electrons. The summed E-state index contributed by atoms with van der Waals surface area (Å²) in [5.74, 6) is -0.977.